The molecule has 0 aliphatic carbocycles. The second kappa shape index (κ2) is 18.1. The molecule has 6 rings (SSSR count). The van der Waals surface area contributed by atoms with E-state index in [1.165, 1.54) is 6.92 Å². The number of nitrogens with zero attached hydrogens (tertiary/aromatic N) is 2. The summed E-state index contributed by atoms with van der Waals surface area (Å²) in [5, 5.41) is 42.3. The number of carbonyl (C=O) groups is 3. The summed E-state index contributed by atoms with van der Waals surface area (Å²) < 4.78 is 16.7. The van der Waals surface area contributed by atoms with Crippen LogP contribution in [-0.2, 0) is 19.1 Å². The molecule has 0 saturated carbocycles. The highest BCUT2D eigenvalue weighted by Gasteiger charge is 2.49. The van der Waals surface area contributed by atoms with Gasteiger partial charge in [-0.2, -0.15) is 0 Å². The topological polar surface area (TPSA) is 188 Å². The van der Waals surface area contributed by atoms with E-state index in [1.54, 1.807) is 40.2 Å². The minimum Gasteiger partial charge on any atom is -0.507 e. The molecule has 7 atom stereocenters. The monoisotopic (exact) mass is 802 g/mol. The number of carbonyl (C=O) groups excluding carboxylic acids is 3. The van der Waals surface area contributed by atoms with Crippen molar-refractivity contribution in [2.75, 3.05) is 32.6 Å². The summed E-state index contributed by atoms with van der Waals surface area (Å²) in [4.78, 5) is 51.0. The lowest BCUT2D eigenvalue weighted by molar-refractivity contribution is -0.156. The zero-order valence-electron chi connectivity index (χ0n) is 35.7. The number of phenols is 2. The van der Waals surface area contributed by atoms with Crippen LogP contribution in [0.3, 0.4) is 0 Å². The van der Waals surface area contributed by atoms with Gasteiger partial charge >= 0.3 is 5.97 Å². The van der Waals surface area contributed by atoms with Crippen molar-refractivity contribution in [1.29, 1.82) is 0 Å². The number of hydrogen-bond donors (Lipinski definition) is 5. The number of piperidine rings is 1. The minimum absolute atomic E-state index is 0.00945. The Labute approximate surface area is 341 Å². The lowest BCUT2D eigenvalue weighted by atomic mass is 9.80. The van der Waals surface area contributed by atoms with Crippen LogP contribution in [0.2, 0.25) is 0 Å². The van der Waals surface area contributed by atoms with Crippen LogP contribution in [0.15, 0.2) is 45.9 Å². The van der Waals surface area contributed by atoms with E-state index in [1.807, 2.05) is 52.8 Å². The van der Waals surface area contributed by atoms with Crippen molar-refractivity contribution < 1.29 is 43.9 Å². The van der Waals surface area contributed by atoms with Crippen LogP contribution < -0.4 is 26.1 Å². The largest absolute Gasteiger partial charge is 0.507 e. The molecule has 4 bridgehead atoms. The van der Waals surface area contributed by atoms with E-state index < -0.39 is 41.1 Å². The van der Waals surface area contributed by atoms with Crippen LogP contribution in [0.4, 0.5) is 5.69 Å². The summed E-state index contributed by atoms with van der Waals surface area (Å²) in [5.74, 6) is -2.21. The van der Waals surface area contributed by atoms with E-state index in [-0.39, 0.29) is 80.3 Å². The Bertz CT molecular complexity index is 2140. The molecule has 2 aromatic rings. The molecule has 58 heavy (non-hydrogen) atoms. The van der Waals surface area contributed by atoms with Gasteiger partial charge in [0.1, 0.15) is 28.6 Å². The second-order valence-corrected chi connectivity index (χ2v) is 16.7. The third kappa shape index (κ3) is 8.58. The maximum Gasteiger partial charge on any atom is 0.302 e. The molecule has 1 spiro atoms. The average molecular weight is 803 g/mol. The predicted octanol–water partition coefficient (Wildman–Crippen LogP) is 5.90. The van der Waals surface area contributed by atoms with Gasteiger partial charge in [-0.25, -0.2) is 0 Å². The number of fused-ring (bicyclic) bond motifs is 1. The fraction of sp³-hybridized carbons (Fsp3) is 0.578. The van der Waals surface area contributed by atoms with Gasteiger partial charge in [-0.15, -0.1) is 0 Å². The minimum atomic E-state index is -1.31. The number of aliphatic hydroxyl groups is 1. The fourth-order valence-corrected chi connectivity index (χ4v) is 8.78. The van der Waals surface area contributed by atoms with Gasteiger partial charge in [0.25, 0.3) is 5.91 Å². The Hall–Kier alpha value is -4.59. The molecule has 3 unspecified atom stereocenters. The number of Topliss-reactive ketones (excluding diaryl/α,β-unsaturated/α-hetero) is 1. The molecule has 4 aliphatic heterocycles. The Balaban J connectivity index is 0.00000207. The van der Waals surface area contributed by atoms with Crippen LogP contribution in [0.1, 0.15) is 103 Å². The summed E-state index contributed by atoms with van der Waals surface area (Å²) in [6.45, 7) is 15.8. The number of aliphatic hydroxyl groups excluding tert-OH is 1. The van der Waals surface area contributed by atoms with E-state index in [0.29, 0.717) is 56.1 Å². The van der Waals surface area contributed by atoms with Crippen molar-refractivity contribution >= 4 is 34.1 Å². The van der Waals surface area contributed by atoms with E-state index in [9.17, 15) is 29.7 Å². The summed E-state index contributed by atoms with van der Waals surface area (Å²) in [6.07, 6.45) is 10.9. The second-order valence-electron chi connectivity index (χ2n) is 16.7. The quantitative estimate of drug-likeness (QED) is 0.139. The first-order chi connectivity index (χ1) is 27.5. The Kier molecular flexibility index (Phi) is 13.9. The van der Waals surface area contributed by atoms with E-state index >= 15 is 0 Å². The number of nitrogens with one attached hydrogen (secondary N) is 2. The summed E-state index contributed by atoms with van der Waals surface area (Å²) in [5.41, 5.74) is -1.29. The number of benzene rings is 2. The van der Waals surface area contributed by atoms with Crippen molar-refractivity contribution in [2.24, 2.45) is 33.7 Å². The Morgan fingerprint density at radius 1 is 0.983 bits per heavy atom. The van der Waals surface area contributed by atoms with Crippen LogP contribution in [0.5, 0.6) is 17.2 Å². The molecule has 1 saturated heterocycles. The van der Waals surface area contributed by atoms with Crippen molar-refractivity contribution in [3.05, 3.63) is 57.8 Å². The number of hydrogen-bond acceptors (Lipinski definition) is 12. The smallest absolute Gasteiger partial charge is 0.302 e. The van der Waals surface area contributed by atoms with E-state index in [2.05, 4.69) is 15.4 Å². The Morgan fingerprint density at radius 2 is 1.64 bits per heavy atom. The zero-order valence-corrected chi connectivity index (χ0v) is 35.7. The first-order valence-electron chi connectivity index (χ1n) is 20.5. The van der Waals surface area contributed by atoms with Gasteiger partial charge in [0.05, 0.1) is 22.4 Å². The maximum atomic E-state index is 14.8. The fourth-order valence-electron chi connectivity index (χ4n) is 8.78. The number of phenolic OH excluding ortho intramolecular Hbond substituents is 2. The molecule has 0 aromatic heterocycles. The van der Waals surface area contributed by atoms with Crippen LogP contribution >= 0.6 is 0 Å². The number of rotatable bonds is 2. The molecule has 1 amide bonds. The number of allylic oxidation sites excluding steroid dienone is 4. The molecule has 2 aromatic carbocycles. The molecule has 316 valence electrons. The number of methoxy groups -OCH3 is 1. The number of anilines is 1. The summed E-state index contributed by atoms with van der Waals surface area (Å²) >= 11 is 0. The molecule has 0 radical (unpaired) electrons. The lowest BCUT2D eigenvalue weighted by Gasteiger charge is -2.34. The molecule has 4 heterocycles. The molecular formula is C45H62N4O9. The summed E-state index contributed by atoms with van der Waals surface area (Å²) in [7, 11) is 3.25. The third-order valence-corrected chi connectivity index (χ3v) is 12.1. The molecule has 13 heteroatoms. The van der Waals surface area contributed by atoms with Gasteiger partial charge < -0.3 is 40.2 Å². The van der Waals surface area contributed by atoms with E-state index in [0.717, 1.165) is 0 Å². The zero-order chi connectivity index (χ0) is 42.7. The van der Waals surface area contributed by atoms with E-state index in [4.69, 9.17) is 19.5 Å². The van der Waals surface area contributed by atoms with Gasteiger partial charge in [0.2, 0.25) is 5.78 Å². The van der Waals surface area contributed by atoms with Gasteiger partial charge in [-0.1, -0.05) is 65.0 Å². The third-order valence-electron chi connectivity index (χ3n) is 12.1. The van der Waals surface area contributed by atoms with Crippen molar-refractivity contribution in [3.63, 3.8) is 0 Å². The highest BCUT2D eigenvalue weighted by atomic mass is 16.5. The van der Waals surface area contributed by atoms with Crippen LogP contribution in [0.25, 0.3) is 10.8 Å². The number of esters is 1. The standard InChI is InChI=1S/C43H56N4O8.C2H6O/c1-9-42-16-11-10-14-23(3)38(54-28(8)48)26(6)35(49)25(5)21-22(2)13-12-15-24(4)41(53)45-34-33-32(46-43(47-33)17-19-44-20-18-43)29-30(37(34)51)36(50)27(7)39(55-42)31(29)40(42)52;1-3-2/h10-13,15,22-23,25-26,35,38,44,49-51H,9,14,16-21H2,1-8H3,(H,45,53);1-2H3/b11-10+,13-12+,24-15-;/t22?,23-,25-,26-,35?,38?,42-;/m1./s1. The van der Waals surface area contributed by atoms with Gasteiger partial charge in [-0.05, 0) is 64.0 Å². The molecule has 5 N–H and O–H groups in total. The lowest BCUT2D eigenvalue weighted by Crippen LogP contribution is -2.40. The average Bonchev–Trinajstić information content (AvgIpc) is 3.69. The molecule has 4 aliphatic rings. The van der Waals surface area contributed by atoms with Crippen molar-refractivity contribution in [1.82, 2.24) is 5.32 Å². The number of aromatic hydroxyl groups is 2. The van der Waals surface area contributed by atoms with Crippen molar-refractivity contribution in [2.45, 2.75) is 117 Å². The maximum absolute atomic E-state index is 14.8. The van der Waals surface area contributed by atoms with Gasteiger partial charge in [-0.3, -0.25) is 24.4 Å². The number of ether oxygens (including phenoxy) is 3. The first-order valence-corrected chi connectivity index (χ1v) is 20.5. The molecule has 1 fully saturated rings. The first kappa shape index (κ1) is 44.5. The van der Waals surface area contributed by atoms with Crippen molar-refractivity contribution in [3.8, 4) is 17.2 Å². The number of amides is 1. The van der Waals surface area contributed by atoms with Gasteiger partial charge in [0, 0.05) is 62.8 Å². The summed E-state index contributed by atoms with van der Waals surface area (Å²) in [6, 6.07) is 0. The SMILES string of the molecule is CC[C@@]12C/C=C/C[C@@H](C)C(OC(C)=O)[C@H](C)C(O)[C@H](C)CC(C)/C=C/C=C(/C)C(=O)Nc3c(O)c4c(O)c(C)c(c(c4c4c3=NC3(CCNCC3)N=4)C1=O)O2.COC. The Morgan fingerprint density at radius 3 is 2.28 bits per heavy atom. The van der Waals surface area contributed by atoms with Gasteiger partial charge in [0.15, 0.2) is 17.0 Å². The highest BCUT2D eigenvalue weighted by molar-refractivity contribution is 6.20. The van der Waals surface area contributed by atoms with Crippen LogP contribution in [0, 0.1) is 30.6 Å². The molecular weight excluding hydrogens is 741 g/mol. The highest BCUT2D eigenvalue weighted by Crippen LogP contribution is 2.51. The normalized spacial score (nSPS) is 30.5. The number of ketones is 1. The molecule has 13 nitrogen and oxygen atoms in total. The predicted molar refractivity (Wildman–Crippen MR) is 223 cm³/mol. The van der Waals surface area contributed by atoms with Crippen LogP contribution in [-0.4, -0.2) is 83.8 Å².